The molecule has 2 N–H and O–H groups in total. The van der Waals surface area contributed by atoms with Gasteiger partial charge in [0, 0.05) is 21.9 Å². The number of hydrogen-bond donors (Lipinski definition) is 1. The van der Waals surface area contributed by atoms with Crippen LogP contribution in [0.1, 0.15) is 5.56 Å². The van der Waals surface area contributed by atoms with E-state index in [1.165, 1.54) is 24.9 Å². The summed E-state index contributed by atoms with van der Waals surface area (Å²) in [5.74, 6) is -0.290. The first-order chi connectivity index (χ1) is 9.11. The van der Waals surface area contributed by atoms with Gasteiger partial charge in [0.05, 0.1) is 7.11 Å². The van der Waals surface area contributed by atoms with Gasteiger partial charge < -0.3 is 10.5 Å². The Morgan fingerprint density at radius 2 is 2.00 bits per heavy atom. The summed E-state index contributed by atoms with van der Waals surface area (Å²) in [6.45, 7) is 0. The van der Waals surface area contributed by atoms with Gasteiger partial charge in [-0.25, -0.2) is 8.78 Å². The first kappa shape index (κ1) is 13.7. The molecule has 2 nitrogen and oxygen atoms in total. The van der Waals surface area contributed by atoms with Crippen molar-refractivity contribution in [3.05, 3.63) is 53.6 Å². The molecule has 0 saturated carbocycles. The van der Waals surface area contributed by atoms with Gasteiger partial charge in [0.1, 0.15) is 5.82 Å². The van der Waals surface area contributed by atoms with Crippen molar-refractivity contribution in [3.63, 3.8) is 0 Å². The summed E-state index contributed by atoms with van der Waals surface area (Å²) in [6, 6.07) is 9.37. The Balaban J connectivity index is 2.14. The number of rotatable bonds is 4. The molecule has 0 saturated heterocycles. The molecule has 0 spiro atoms. The van der Waals surface area contributed by atoms with E-state index in [0.717, 1.165) is 0 Å². The molecule has 2 aromatic carbocycles. The van der Waals surface area contributed by atoms with Crippen molar-refractivity contribution in [2.75, 3.05) is 12.8 Å². The van der Waals surface area contributed by atoms with Crippen LogP contribution in [0, 0.1) is 11.6 Å². The van der Waals surface area contributed by atoms with Gasteiger partial charge >= 0.3 is 0 Å². The summed E-state index contributed by atoms with van der Waals surface area (Å²) in [7, 11) is 1.41. The van der Waals surface area contributed by atoms with Crippen molar-refractivity contribution in [1.29, 1.82) is 0 Å². The molecular formula is C14H13F2NOS. The highest BCUT2D eigenvalue weighted by molar-refractivity contribution is 7.98. The summed E-state index contributed by atoms with van der Waals surface area (Å²) in [6.07, 6.45) is 0. The number of methoxy groups -OCH3 is 1. The van der Waals surface area contributed by atoms with Crippen molar-refractivity contribution < 1.29 is 13.5 Å². The molecule has 2 aromatic rings. The molecule has 0 aliphatic rings. The minimum Gasteiger partial charge on any atom is -0.494 e. The minimum atomic E-state index is -0.409. The maximum absolute atomic E-state index is 13.9. The number of halogens is 2. The van der Waals surface area contributed by atoms with Gasteiger partial charge in [0.25, 0.3) is 0 Å². The molecule has 0 bridgehead atoms. The molecule has 100 valence electrons. The van der Waals surface area contributed by atoms with Gasteiger partial charge in [-0.2, -0.15) is 0 Å². The zero-order valence-corrected chi connectivity index (χ0v) is 11.1. The van der Waals surface area contributed by atoms with Crippen LogP contribution in [-0.2, 0) is 5.75 Å². The maximum atomic E-state index is 13.9. The number of nitrogens with two attached hydrogens (primary N) is 1. The summed E-state index contributed by atoms with van der Waals surface area (Å²) in [4.78, 5) is 0.441. The van der Waals surface area contributed by atoms with Gasteiger partial charge in [-0.3, -0.25) is 0 Å². The van der Waals surface area contributed by atoms with E-state index in [1.807, 2.05) is 0 Å². The zero-order chi connectivity index (χ0) is 13.8. The lowest BCUT2D eigenvalue weighted by atomic mass is 10.2. The fourth-order valence-electron chi connectivity index (χ4n) is 1.62. The van der Waals surface area contributed by atoms with E-state index in [9.17, 15) is 8.78 Å². The molecule has 19 heavy (non-hydrogen) atoms. The second-order valence-electron chi connectivity index (χ2n) is 3.91. The van der Waals surface area contributed by atoms with Crippen LogP contribution in [0.3, 0.4) is 0 Å². The average Bonchev–Trinajstić information content (AvgIpc) is 2.39. The van der Waals surface area contributed by atoms with Crippen molar-refractivity contribution >= 4 is 17.4 Å². The lowest BCUT2D eigenvalue weighted by Crippen LogP contribution is -1.94. The van der Waals surface area contributed by atoms with Crippen molar-refractivity contribution in [2.24, 2.45) is 0 Å². The molecule has 0 aliphatic carbocycles. The summed E-state index contributed by atoms with van der Waals surface area (Å²) >= 11 is 1.22. The number of benzene rings is 2. The molecule has 2 rings (SSSR count). The molecule has 0 atom stereocenters. The first-order valence-electron chi connectivity index (χ1n) is 5.61. The molecule has 0 fully saturated rings. The van der Waals surface area contributed by atoms with Crippen molar-refractivity contribution in [1.82, 2.24) is 0 Å². The topological polar surface area (TPSA) is 35.2 Å². The van der Waals surface area contributed by atoms with E-state index in [4.69, 9.17) is 10.5 Å². The number of thioether (sulfide) groups is 1. The molecule has 0 radical (unpaired) electrons. The standard InChI is InChI=1S/C14H13F2NOS/c1-18-12-4-2-3-9(14(12)16)8-19-13-6-5-10(17)7-11(13)15/h2-7H,8,17H2,1H3. The summed E-state index contributed by atoms with van der Waals surface area (Å²) in [5.41, 5.74) is 6.31. The quantitative estimate of drug-likeness (QED) is 0.683. The van der Waals surface area contributed by atoms with Crippen molar-refractivity contribution in [3.8, 4) is 5.75 Å². The second kappa shape index (κ2) is 5.93. The van der Waals surface area contributed by atoms with E-state index in [2.05, 4.69) is 0 Å². The van der Waals surface area contributed by atoms with Gasteiger partial charge in [0.15, 0.2) is 11.6 Å². The van der Waals surface area contributed by atoms with Crippen LogP contribution in [0.4, 0.5) is 14.5 Å². The molecule has 0 unspecified atom stereocenters. The Kier molecular flexibility index (Phi) is 4.27. The Morgan fingerprint density at radius 3 is 2.68 bits per heavy atom. The smallest absolute Gasteiger partial charge is 0.169 e. The third kappa shape index (κ3) is 3.17. The van der Waals surface area contributed by atoms with E-state index in [-0.39, 0.29) is 5.75 Å². The highest BCUT2D eigenvalue weighted by atomic mass is 32.2. The van der Waals surface area contributed by atoms with Crippen LogP contribution < -0.4 is 10.5 Å². The molecule has 0 aromatic heterocycles. The van der Waals surface area contributed by atoms with Crippen molar-refractivity contribution in [2.45, 2.75) is 10.6 Å². The highest BCUT2D eigenvalue weighted by Crippen LogP contribution is 2.29. The van der Waals surface area contributed by atoms with E-state index >= 15 is 0 Å². The Hall–Kier alpha value is -1.75. The lowest BCUT2D eigenvalue weighted by Gasteiger charge is -2.08. The van der Waals surface area contributed by atoms with Gasteiger partial charge in [-0.15, -0.1) is 11.8 Å². The predicted octanol–water partition coefficient (Wildman–Crippen LogP) is 3.85. The fourth-order valence-corrected chi connectivity index (χ4v) is 2.51. The first-order valence-corrected chi connectivity index (χ1v) is 6.59. The Bertz CT molecular complexity index is 590. The Morgan fingerprint density at radius 1 is 1.21 bits per heavy atom. The van der Waals surface area contributed by atoms with Crippen LogP contribution in [0.25, 0.3) is 0 Å². The third-order valence-corrected chi connectivity index (χ3v) is 3.70. The van der Waals surface area contributed by atoms with E-state index < -0.39 is 11.6 Å². The van der Waals surface area contributed by atoms with Crippen LogP contribution in [-0.4, -0.2) is 7.11 Å². The SMILES string of the molecule is COc1cccc(CSc2ccc(N)cc2F)c1F. The zero-order valence-electron chi connectivity index (χ0n) is 10.3. The molecule has 0 aliphatic heterocycles. The number of ether oxygens (including phenoxy) is 1. The average molecular weight is 281 g/mol. The molecule has 5 heteroatoms. The summed E-state index contributed by atoms with van der Waals surface area (Å²) < 4.78 is 32.4. The van der Waals surface area contributed by atoms with Crippen LogP contribution in [0.2, 0.25) is 0 Å². The normalized spacial score (nSPS) is 10.5. The van der Waals surface area contributed by atoms with Gasteiger partial charge in [-0.05, 0) is 24.3 Å². The number of hydrogen-bond acceptors (Lipinski definition) is 3. The number of nitrogen functional groups attached to an aromatic ring is 1. The molecular weight excluding hydrogens is 268 g/mol. The predicted molar refractivity (Wildman–Crippen MR) is 73.3 cm³/mol. The summed E-state index contributed by atoms with van der Waals surface area (Å²) in [5, 5.41) is 0. The minimum absolute atomic E-state index is 0.191. The number of anilines is 1. The van der Waals surface area contributed by atoms with E-state index in [0.29, 0.717) is 21.9 Å². The van der Waals surface area contributed by atoms with Gasteiger partial charge in [-0.1, -0.05) is 12.1 Å². The van der Waals surface area contributed by atoms with Crippen LogP contribution >= 0.6 is 11.8 Å². The largest absolute Gasteiger partial charge is 0.494 e. The van der Waals surface area contributed by atoms with Crippen LogP contribution in [0.15, 0.2) is 41.3 Å². The lowest BCUT2D eigenvalue weighted by molar-refractivity contribution is 0.385. The van der Waals surface area contributed by atoms with E-state index in [1.54, 1.807) is 30.3 Å². The molecule has 0 heterocycles. The fraction of sp³-hybridized carbons (Fsp3) is 0.143. The third-order valence-electron chi connectivity index (χ3n) is 2.60. The van der Waals surface area contributed by atoms with Gasteiger partial charge in [0.2, 0.25) is 0 Å². The van der Waals surface area contributed by atoms with Crippen LogP contribution in [0.5, 0.6) is 5.75 Å². The second-order valence-corrected chi connectivity index (χ2v) is 4.93. The monoisotopic (exact) mass is 281 g/mol. The molecule has 0 amide bonds. The maximum Gasteiger partial charge on any atom is 0.169 e. The Labute approximate surface area is 114 Å². The highest BCUT2D eigenvalue weighted by Gasteiger charge is 2.10.